The Morgan fingerprint density at radius 1 is 1.36 bits per heavy atom. The van der Waals surface area contributed by atoms with Crippen molar-refractivity contribution in [1.82, 2.24) is 15.2 Å². The highest BCUT2D eigenvalue weighted by Gasteiger charge is 2.23. The number of ether oxygens (including phenoxy) is 1. The molecule has 0 bridgehead atoms. The van der Waals surface area contributed by atoms with E-state index in [2.05, 4.69) is 19.9 Å². The fourth-order valence-corrected chi connectivity index (χ4v) is 4.12. The van der Waals surface area contributed by atoms with Gasteiger partial charge in [0, 0.05) is 0 Å². The van der Waals surface area contributed by atoms with Crippen molar-refractivity contribution < 1.29 is 17.9 Å². The molecule has 0 atom stereocenters. The number of aromatic nitrogens is 3. The number of rotatable bonds is 6. The lowest BCUT2D eigenvalue weighted by molar-refractivity contribution is -0.137. The molecule has 4 nitrogen and oxygen atoms in total. The van der Waals surface area contributed by atoms with E-state index in [0.717, 1.165) is 23.9 Å². The number of alkyl halides is 2. The van der Waals surface area contributed by atoms with Crippen LogP contribution in [0.3, 0.4) is 0 Å². The Morgan fingerprint density at radius 3 is 2.80 bits per heavy atom. The van der Waals surface area contributed by atoms with E-state index in [9.17, 15) is 13.2 Å². The Balaban J connectivity index is 2.12. The summed E-state index contributed by atoms with van der Waals surface area (Å²) in [5, 5.41) is 7.52. The minimum absolute atomic E-state index is 0.0219. The second-order valence-corrected chi connectivity index (χ2v) is 7.06. The van der Waals surface area contributed by atoms with Gasteiger partial charge in [0.1, 0.15) is 17.0 Å². The van der Waals surface area contributed by atoms with E-state index < -0.39 is 19.0 Å². The molecule has 0 saturated carbocycles. The van der Waals surface area contributed by atoms with Crippen molar-refractivity contribution in [2.24, 2.45) is 0 Å². The molecular weight excluding hydrogens is 398 g/mol. The number of aromatic amines is 1. The fourth-order valence-electron chi connectivity index (χ4n) is 2.37. The van der Waals surface area contributed by atoms with Crippen molar-refractivity contribution in [3.8, 4) is 11.3 Å². The molecule has 0 amide bonds. The third-order valence-corrected chi connectivity index (χ3v) is 5.27. The van der Waals surface area contributed by atoms with Gasteiger partial charge in [-0.1, -0.05) is 30.1 Å². The van der Waals surface area contributed by atoms with E-state index >= 15 is 0 Å². The van der Waals surface area contributed by atoms with Crippen LogP contribution >= 0.6 is 34.5 Å². The lowest BCUT2D eigenvalue weighted by Gasteiger charge is -2.04. The Labute approximate surface area is 154 Å². The number of hydrogen-bond acceptors (Lipinski definition) is 4. The molecule has 3 aromatic rings. The molecule has 0 aliphatic rings. The Morgan fingerprint density at radius 2 is 2.12 bits per heavy atom. The van der Waals surface area contributed by atoms with E-state index in [1.807, 2.05) is 6.92 Å². The third-order valence-electron chi connectivity index (χ3n) is 3.45. The van der Waals surface area contributed by atoms with E-state index in [4.69, 9.17) is 23.2 Å². The first-order chi connectivity index (χ1) is 11.9. The fraction of sp³-hybridized carbons (Fsp3) is 0.333. The molecule has 3 rings (SSSR count). The number of aryl methyl sites for hydroxylation is 1. The predicted molar refractivity (Wildman–Crippen MR) is 92.0 cm³/mol. The highest BCUT2D eigenvalue weighted by Crippen LogP contribution is 2.41. The van der Waals surface area contributed by atoms with Gasteiger partial charge in [-0.25, -0.2) is 9.37 Å². The molecule has 0 saturated heterocycles. The van der Waals surface area contributed by atoms with Crippen LogP contribution in [0.4, 0.5) is 13.2 Å². The summed E-state index contributed by atoms with van der Waals surface area (Å²) in [6.07, 6.45) is 1.62. The zero-order valence-electron chi connectivity index (χ0n) is 12.9. The number of fused-ring (bicyclic) bond motifs is 1. The summed E-state index contributed by atoms with van der Waals surface area (Å²) in [5.74, 6) is -0.612. The van der Waals surface area contributed by atoms with Gasteiger partial charge < -0.3 is 4.74 Å². The number of halogens is 5. The van der Waals surface area contributed by atoms with Gasteiger partial charge in [0.15, 0.2) is 0 Å². The van der Waals surface area contributed by atoms with Crippen molar-refractivity contribution in [3.63, 3.8) is 0 Å². The van der Waals surface area contributed by atoms with Crippen molar-refractivity contribution in [2.45, 2.75) is 33.0 Å². The van der Waals surface area contributed by atoms with Crippen molar-refractivity contribution in [3.05, 3.63) is 32.6 Å². The van der Waals surface area contributed by atoms with Crippen molar-refractivity contribution in [1.29, 1.82) is 0 Å². The molecule has 134 valence electrons. The molecule has 0 spiro atoms. The van der Waals surface area contributed by atoms with Crippen LogP contribution in [0.1, 0.15) is 24.0 Å². The summed E-state index contributed by atoms with van der Waals surface area (Å²) in [4.78, 5) is 4.44. The monoisotopic (exact) mass is 409 g/mol. The molecule has 0 fully saturated rings. The molecule has 1 aromatic carbocycles. The van der Waals surface area contributed by atoms with E-state index in [1.165, 1.54) is 11.3 Å². The molecular formula is C15H12Cl2F3N3OS. The normalized spacial score (nSPS) is 11.8. The van der Waals surface area contributed by atoms with Gasteiger partial charge in [-0.15, -0.1) is 11.3 Å². The van der Waals surface area contributed by atoms with Gasteiger partial charge in [0.05, 0.1) is 37.6 Å². The van der Waals surface area contributed by atoms with Crippen LogP contribution in [0, 0.1) is 5.82 Å². The maximum Gasteiger partial charge on any atom is 0.345 e. The van der Waals surface area contributed by atoms with Gasteiger partial charge in [0.2, 0.25) is 0 Å². The molecule has 0 aliphatic carbocycles. The van der Waals surface area contributed by atoms with E-state index in [1.54, 1.807) is 0 Å². The van der Waals surface area contributed by atoms with Gasteiger partial charge >= 0.3 is 6.61 Å². The van der Waals surface area contributed by atoms with Crippen LogP contribution in [0.15, 0.2) is 6.07 Å². The Bertz CT molecular complexity index is 913. The first kappa shape index (κ1) is 18.4. The lowest BCUT2D eigenvalue weighted by atomic mass is 10.1. The highest BCUT2D eigenvalue weighted by molar-refractivity contribution is 7.19. The molecule has 0 aliphatic heterocycles. The van der Waals surface area contributed by atoms with Crippen LogP contribution in [0.5, 0.6) is 0 Å². The molecule has 2 aromatic heterocycles. The summed E-state index contributed by atoms with van der Waals surface area (Å²) in [6.45, 7) is -1.40. The second-order valence-electron chi connectivity index (χ2n) is 5.19. The van der Waals surface area contributed by atoms with Gasteiger partial charge in [-0.3, -0.25) is 5.10 Å². The average Bonchev–Trinajstić information content (AvgIpc) is 3.11. The minimum Gasteiger partial charge on any atom is -0.316 e. The number of H-pyrrole nitrogens is 1. The number of nitrogens with zero attached hydrogens (tertiary/aromatic N) is 2. The van der Waals surface area contributed by atoms with E-state index in [-0.39, 0.29) is 27.0 Å². The van der Waals surface area contributed by atoms with Crippen LogP contribution in [-0.4, -0.2) is 21.8 Å². The van der Waals surface area contributed by atoms with Gasteiger partial charge in [-0.2, -0.15) is 13.9 Å². The molecule has 0 radical (unpaired) electrons. The topological polar surface area (TPSA) is 50.8 Å². The van der Waals surface area contributed by atoms with Crippen LogP contribution < -0.4 is 0 Å². The largest absolute Gasteiger partial charge is 0.345 e. The van der Waals surface area contributed by atoms with Crippen LogP contribution in [0.2, 0.25) is 10.0 Å². The minimum atomic E-state index is -2.94. The molecule has 1 N–H and O–H groups in total. The van der Waals surface area contributed by atoms with Gasteiger partial charge in [0.25, 0.3) is 0 Å². The molecule has 10 heteroatoms. The lowest BCUT2D eigenvalue weighted by Crippen LogP contribution is -1.99. The summed E-state index contributed by atoms with van der Waals surface area (Å²) >= 11 is 13.6. The standard InChI is InChI=1S/C15H12Cl2F3N3OS/c1-2-3-9-21-12-6(16)4-7(18)10(14(12)25-9)13-11(17)8(22-23-13)5-24-15(19)20/h4,15H,2-3,5H2,1H3,(H,22,23). The SMILES string of the molecule is CCCc1nc2c(Cl)cc(F)c(-c3n[nH]c(COC(F)F)c3Cl)c2s1. The van der Waals surface area contributed by atoms with Gasteiger partial charge in [-0.05, 0) is 18.9 Å². The Hall–Kier alpha value is -1.35. The summed E-state index contributed by atoms with van der Waals surface area (Å²) in [6, 6.07) is 1.15. The number of hydrogen-bond donors (Lipinski definition) is 1. The van der Waals surface area contributed by atoms with Crippen molar-refractivity contribution >= 4 is 44.8 Å². The Kier molecular flexibility index (Phi) is 5.52. The predicted octanol–water partition coefficient (Wildman–Crippen LogP) is 5.82. The second kappa shape index (κ2) is 7.49. The zero-order chi connectivity index (χ0) is 18.1. The number of thiazole rings is 1. The first-order valence-corrected chi connectivity index (χ1v) is 8.89. The molecule has 25 heavy (non-hydrogen) atoms. The van der Waals surface area contributed by atoms with Crippen LogP contribution in [0.25, 0.3) is 21.5 Å². The third kappa shape index (κ3) is 3.62. The smallest absolute Gasteiger partial charge is 0.316 e. The average molecular weight is 410 g/mol. The summed E-state index contributed by atoms with van der Waals surface area (Å²) < 4.78 is 43.7. The summed E-state index contributed by atoms with van der Waals surface area (Å²) in [5.41, 5.74) is 0.859. The number of benzene rings is 1. The van der Waals surface area contributed by atoms with Crippen molar-refractivity contribution in [2.75, 3.05) is 0 Å². The maximum absolute atomic E-state index is 14.6. The zero-order valence-corrected chi connectivity index (χ0v) is 15.2. The number of nitrogens with one attached hydrogen (secondary N) is 1. The van der Waals surface area contributed by atoms with Crippen LogP contribution in [-0.2, 0) is 17.8 Å². The summed E-state index contributed by atoms with van der Waals surface area (Å²) in [7, 11) is 0. The quantitative estimate of drug-likeness (QED) is 0.557. The highest BCUT2D eigenvalue weighted by atomic mass is 35.5. The first-order valence-electron chi connectivity index (χ1n) is 7.32. The maximum atomic E-state index is 14.6. The van der Waals surface area contributed by atoms with E-state index in [0.29, 0.717) is 10.2 Å². The molecule has 0 unspecified atom stereocenters. The molecule has 2 heterocycles.